The zero-order chi connectivity index (χ0) is 8.97. The van der Waals surface area contributed by atoms with E-state index in [4.69, 9.17) is 22.1 Å². The maximum absolute atomic E-state index is 8.50. The van der Waals surface area contributed by atoms with Gasteiger partial charge in [-0.05, 0) is 6.07 Å². The fourth-order valence-electron chi connectivity index (χ4n) is 0.790. The van der Waals surface area contributed by atoms with Gasteiger partial charge in [0, 0.05) is 5.56 Å². The lowest BCUT2D eigenvalue weighted by atomic mass is 10.1. The van der Waals surface area contributed by atoms with Crippen molar-refractivity contribution in [1.29, 1.82) is 5.26 Å². The quantitative estimate of drug-likeness (QED) is 0.409. The minimum absolute atomic E-state index is 0.0828. The van der Waals surface area contributed by atoms with Crippen LogP contribution >= 0.6 is 11.6 Å². The zero-order valence-electron chi connectivity index (χ0n) is 6.03. The molecule has 0 bridgehead atoms. The Hall–Kier alpha value is -1.53. The normalized spacial score (nSPS) is 10.8. The largest absolute Gasteiger partial charge is 0.410 e. The Labute approximate surface area is 74.5 Å². The Balaban J connectivity index is 3.21. The molecule has 1 N–H and O–H groups in total. The van der Waals surface area contributed by atoms with Crippen molar-refractivity contribution in [2.75, 3.05) is 0 Å². The molecule has 60 valence electrons. The van der Waals surface area contributed by atoms with Crippen molar-refractivity contribution >= 4 is 17.3 Å². The molecule has 12 heavy (non-hydrogen) atoms. The molecule has 1 aromatic carbocycles. The van der Waals surface area contributed by atoms with E-state index in [-0.39, 0.29) is 5.71 Å². The Kier molecular flexibility index (Phi) is 2.67. The van der Waals surface area contributed by atoms with E-state index in [0.29, 0.717) is 10.6 Å². The minimum Gasteiger partial charge on any atom is -0.410 e. The fraction of sp³-hybridized carbons (Fsp3) is 0. The second kappa shape index (κ2) is 3.74. The maximum Gasteiger partial charge on any atom is 0.188 e. The summed E-state index contributed by atoms with van der Waals surface area (Å²) in [4.78, 5) is 0. The highest BCUT2D eigenvalue weighted by atomic mass is 35.5. The van der Waals surface area contributed by atoms with Gasteiger partial charge in [-0.25, -0.2) is 0 Å². The number of benzene rings is 1. The molecule has 1 rings (SSSR count). The van der Waals surface area contributed by atoms with Gasteiger partial charge in [0.25, 0.3) is 0 Å². The van der Waals surface area contributed by atoms with Gasteiger partial charge in [-0.1, -0.05) is 35.0 Å². The molecule has 0 aliphatic carbocycles. The van der Waals surface area contributed by atoms with Crippen LogP contribution in [0.2, 0.25) is 5.02 Å². The third kappa shape index (κ3) is 1.55. The maximum atomic E-state index is 8.50. The number of hydrogen-bond acceptors (Lipinski definition) is 3. The van der Waals surface area contributed by atoms with E-state index in [1.54, 1.807) is 30.3 Å². The van der Waals surface area contributed by atoms with Crippen molar-refractivity contribution in [3.63, 3.8) is 0 Å². The van der Waals surface area contributed by atoms with Crippen LogP contribution in [0.5, 0.6) is 0 Å². The van der Waals surface area contributed by atoms with Crippen molar-refractivity contribution in [3.8, 4) is 6.07 Å². The summed E-state index contributed by atoms with van der Waals surface area (Å²) < 4.78 is 0. The lowest BCUT2D eigenvalue weighted by Gasteiger charge is -1.97. The molecule has 0 amide bonds. The van der Waals surface area contributed by atoms with Crippen LogP contribution in [-0.4, -0.2) is 10.9 Å². The van der Waals surface area contributed by atoms with E-state index >= 15 is 0 Å². The second-order valence-electron chi connectivity index (χ2n) is 2.04. The monoisotopic (exact) mass is 180 g/mol. The molecule has 0 aliphatic heterocycles. The van der Waals surface area contributed by atoms with Gasteiger partial charge in [0.2, 0.25) is 0 Å². The molecule has 0 saturated carbocycles. The van der Waals surface area contributed by atoms with Gasteiger partial charge in [0.15, 0.2) is 5.71 Å². The summed E-state index contributed by atoms with van der Waals surface area (Å²) in [6.07, 6.45) is 0. The first-order valence-corrected chi connectivity index (χ1v) is 3.54. The first-order chi connectivity index (χ1) is 5.79. The van der Waals surface area contributed by atoms with E-state index in [1.807, 2.05) is 0 Å². The van der Waals surface area contributed by atoms with Crippen LogP contribution in [0.1, 0.15) is 5.56 Å². The highest BCUT2D eigenvalue weighted by molar-refractivity contribution is 6.35. The number of rotatable bonds is 1. The first-order valence-electron chi connectivity index (χ1n) is 3.16. The number of halogens is 1. The van der Waals surface area contributed by atoms with Gasteiger partial charge in [-0.15, -0.1) is 0 Å². The van der Waals surface area contributed by atoms with Crippen molar-refractivity contribution < 1.29 is 5.21 Å². The van der Waals surface area contributed by atoms with Crippen LogP contribution in [0.25, 0.3) is 0 Å². The van der Waals surface area contributed by atoms with Gasteiger partial charge in [0.1, 0.15) is 6.07 Å². The molecule has 0 spiro atoms. The molecule has 1 aromatic rings. The Morgan fingerprint density at radius 3 is 2.67 bits per heavy atom. The van der Waals surface area contributed by atoms with Crippen LogP contribution in [0, 0.1) is 11.3 Å². The van der Waals surface area contributed by atoms with Crippen LogP contribution in [0.15, 0.2) is 29.4 Å². The molecule has 0 radical (unpaired) electrons. The SMILES string of the molecule is N#C/C(=N\O)c1ccccc1Cl. The molecule has 0 saturated heterocycles. The van der Waals surface area contributed by atoms with Gasteiger partial charge >= 0.3 is 0 Å². The fourth-order valence-corrected chi connectivity index (χ4v) is 1.01. The topological polar surface area (TPSA) is 56.4 Å². The van der Waals surface area contributed by atoms with Crippen LogP contribution < -0.4 is 0 Å². The zero-order valence-corrected chi connectivity index (χ0v) is 6.78. The molecule has 3 nitrogen and oxygen atoms in total. The molecule has 0 aromatic heterocycles. The Morgan fingerprint density at radius 2 is 2.17 bits per heavy atom. The number of nitrogens with zero attached hydrogens (tertiary/aromatic N) is 2. The van der Waals surface area contributed by atoms with Crippen LogP contribution in [-0.2, 0) is 0 Å². The highest BCUT2D eigenvalue weighted by Gasteiger charge is 2.05. The van der Waals surface area contributed by atoms with Crippen molar-refractivity contribution in [2.45, 2.75) is 0 Å². The lowest BCUT2D eigenvalue weighted by Crippen LogP contribution is -1.97. The second-order valence-corrected chi connectivity index (χ2v) is 2.45. The molecule has 0 atom stereocenters. The van der Waals surface area contributed by atoms with Crippen molar-refractivity contribution in [2.24, 2.45) is 5.16 Å². The predicted molar refractivity (Wildman–Crippen MR) is 45.4 cm³/mol. The molecular formula is C8H5ClN2O. The molecule has 4 heteroatoms. The van der Waals surface area contributed by atoms with Crippen LogP contribution in [0.4, 0.5) is 0 Å². The van der Waals surface area contributed by atoms with E-state index in [0.717, 1.165) is 0 Å². The summed E-state index contributed by atoms with van der Waals surface area (Å²) in [5, 5.41) is 20.1. The summed E-state index contributed by atoms with van der Waals surface area (Å²) in [6, 6.07) is 8.41. The Bertz CT molecular complexity index is 354. The van der Waals surface area contributed by atoms with Crippen molar-refractivity contribution in [3.05, 3.63) is 34.9 Å². The summed E-state index contributed by atoms with van der Waals surface area (Å²) in [7, 11) is 0. The Morgan fingerprint density at radius 1 is 1.50 bits per heavy atom. The molecule has 0 fully saturated rings. The average molecular weight is 181 g/mol. The van der Waals surface area contributed by atoms with Gasteiger partial charge in [0.05, 0.1) is 5.02 Å². The lowest BCUT2D eigenvalue weighted by molar-refractivity contribution is 0.320. The summed E-state index contributed by atoms with van der Waals surface area (Å²) in [5.41, 5.74) is 0.352. The van der Waals surface area contributed by atoms with Gasteiger partial charge in [-0.2, -0.15) is 5.26 Å². The minimum atomic E-state index is -0.0828. The average Bonchev–Trinajstić information content (AvgIpc) is 2.10. The third-order valence-electron chi connectivity index (χ3n) is 1.33. The molecule has 0 aliphatic rings. The third-order valence-corrected chi connectivity index (χ3v) is 1.66. The number of hydrogen-bond donors (Lipinski definition) is 1. The summed E-state index contributed by atoms with van der Waals surface area (Å²) >= 11 is 5.73. The number of oxime groups is 1. The van der Waals surface area contributed by atoms with Gasteiger partial charge in [-0.3, -0.25) is 0 Å². The van der Waals surface area contributed by atoms with E-state index in [9.17, 15) is 0 Å². The molecular weight excluding hydrogens is 176 g/mol. The van der Waals surface area contributed by atoms with Crippen LogP contribution in [0.3, 0.4) is 0 Å². The summed E-state index contributed by atoms with van der Waals surface area (Å²) in [6.45, 7) is 0. The smallest absolute Gasteiger partial charge is 0.188 e. The van der Waals surface area contributed by atoms with Gasteiger partial charge < -0.3 is 5.21 Å². The molecule has 0 unspecified atom stereocenters. The number of nitriles is 1. The van der Waals surface area contributed by atoms with E-state index in [2.05, 4.69) is 5.16 Å². The molecule has 0 heterocycles. The van der Waals surface area contributed by atoms with Crippen molar-refractivity contribution in [1.82, 2.24) is 0 Å². The summed E-state index contributed by atoms with van der Waals surface area (Å²) in [5.74, 6) is 0. The predicted octanol–water partition coefficient (Wildman–Crippen LogP) is 2.04. The van der Waals surface area contributed by atoms with E-state index < -0.39 is 0 Å². The standard InChI is InChI=1S/C8H5ClN2O/c9-7-4-2-1-3-6(7)8(5-10)11-12/h1-4,12H/b11-8+. The highest BCUT2D eigenvalue weighted by Crippen LogP contribution is 2.15. The first kappa shape index (κ1) is 8.57. The van der Waals surface area contributed by atoms with E-state index in [1.165, 1.54) is 0 Å².